The zero-order chi connectivity index (χ0) is 16.2. The lowest BCUT2D eigenvalue weighted by Gasteiger charge is -2.05. The number of rotatable bonds is 4. The van der Waals surface area contributed by atoms with E-state index < -0.39 is 11.9 Å². The van der Waals surface area contributed by atoms with Crippen LogP contribution < -0.4 is 0 Å². The Kier molecular flexibility index (Phi) is 4.05. The molecule has 0 saturated heterocycles. The predicted molar refractivity (Wildman–Crippen MR) is 80.9 cm³/mol. The summed E-state index contributed by atoms with van der Waals surface area (Å²) < 4.78 is 14.8. The number of pyridine rings is 1. The number of carbonyl (C=O) groups excluding carboxylic acids is 2. The van der Waals surface area contributed by atoms with Gasteiger partial charge in [-0.2, -0.15) is 0 Å². The highest BCUT2D eigenvalue weighted by atomic mass is 16.5. The van der Waals surface area contributed by atoms with Crippen molar-refractivity contribution in [1.29, 1.82) is 0 Å². The first-order valence-electron chi connectivity index (χ1n) is 6.86. The summed E-state index contributed by atoms with van der Waals surface area (Å²) in [5, 5.41) is 0.937. The number of methoxy groups -OCH3 is 1. The van der Waals surface area contributed by atoms with Crippen LogP contribution in [-0.2, 0) is 16.1 Å². The molecule has 0 saturated carbocycles. The van der Waals surface area contributed by atoms with Gasteiger partial charge in [-0.05, 0) is 18.2 Å². The molecule has 0 fully saturated rings. The van der Waals surface area contributed by atoms with Crippen molar-refractivity contribution < 1.29 is 23.5 Å². The molecule has 0 radical (unpaired) electrons. The number of ether oxygens (including phenoxy) is 2. The Balaban J connectivity index is 1.74. The van der Waals surface area contributed by atoms with Crippen LogP contribution in [0, 0.1) is 0 Å². The highest BCUT2D eigenvalue weighted by molar-refractivity contribution is 5.91. The average molecular weight is 311 g/mol. The summed E-state index contributed by atoms with van der Waals surface area (Å²) in [6.07, 6.45) is 1.34. The number of hydrogen-bond acceptors (Lipinski definition) is 6. The molecule has 3 rings (SSSR count). The molecule has 1 aromatic carbocycles. The third-order valence-electron chi connectivity index (χ3n) is 3.28. The molecule has 3 aromatic rings. The monoisotopic (exact) mass is 311 g/mol. The van der Waals surface area contributed by atoms with E-state index in [-0.39, 0.29) is 18.1 Å². The molecule has 2 heterocycles. The SMILES string of the molecule is COC(=O)c1occc1COC(=O)c1ccc2ccccc2n1. The molecule has 116 valence electrons. The number of esters is 2. The topological polar surface area (TPSA) is 78.6 Å². The molecule has 0 unspecified atom stereocenters. The van der Waals surface area contributed by atoms with E-state index in [2.05, 4.69) is 9.72 Å². The second kappa shape index (κ2) is 6.31. The fourth-order valence-electron chi connectivity index (χ4n) is 2.12. The number of carbonyl (C=O) groups is 2. The molecule has 2 aromatic heterocycles. The molecule has 0 spiro atoms. The zero-order valence-corrected chi connectivity index (χ0v) is 12.3. The molecule has 0 bridgehead atoms. The van der Waals surface area contributed by atoms with Crippen molar-refractivity contribution in [2.24, 2.45) is 0 Å². The third kappa shape index (κ3) is 3.06. The van der Waals surface area contributed by atoms with Crippen LogP contribution in [0.3, 0.4) is 0 Å². The van der Waals surface area contributed by atoms with Gasteiger partial charge in [-0.25, -0.2) is 14.6 Å². The highest BCUT2D eigenvalue weighted by Gasteiger charge is 2.18. The summed E-state index contributed by atoms with van der Waals surface area (Å²) in [5.74, 6) is -1.18. The van der Waals surface area contributed by atoms with E-state index in [9.17, 15) is 9.59 Å². The Bertz CT molecular complexity index is 868. The van der Waals surface area contributed by atoms with Gasteiger partial charge in [0.25, 0.3) is 0 Å². The Labute approximate surface area is 131 Å². The van der Waals surface area contributed by atoms with Crippen LogP contribution in [-0.4, -0.2) is 24.0 Å². The Hall–Kier alpha value is -3.15. The fraction of sp³-hybridized carbons (Fsp3) is 0.118. The van der Waals surface area contributed by atoms with Gasteiger partial charge in [-0.3, -0.25) is 0 Å². The number of aromatic nitrogens is 1. The van der Waals surface area contributed by atoms with E-state index in [4.69, 9.17) is 9.15 Å². The van der Waals surface area contributed by atoms with Gasteiger partial charge in [0.1, 0.15) is 12.3 Å². The van der Waals surface area contributed by atoms with E-state index in [1.165, 1.54) is 13.4 Å². The maximum Gasteiger partial charge on any atom is 0.374 e. The predicted octanol–water partition coefficient (Wildman–Crippen LogP) is 2.97. The van der Waals surface area contributed by atoms with Crippen LogP contribution in [0.25, 0.3) is 10.9 Å². The Morgan fingerprint density at radius 2 is 1.91 bits per heavy atom. The molecule has 0 aliphatic carbocycles. The fourth-order valence-corrected chi connectivity index (χ4v) is 2.12. The van der Waals surface area contributed by atoms with Crippen molar-refractivity contribution in [3.8, 4) is 0 Å². The van der Waals surface area contributed by atoms with E-state index in [0.29, 0.717) is 11.1 Å². The number of furan rings is 1. The van der Waals surface area contributed by atoms with Crippen molar-refractivity contribution in [3.05, 3.63) is 65.7 Å². The van der Waals surface area contributed by atoms with Gasteiger partial charge in [-0.15, -0.1) is 0 Å². The number of hydrogen-bond donors (Lipinski definition) is 0. The van der Waals surface area contributed by atoms with E-state index in [0.717, 1.165) is 5.39 Å². The van der Waals surface area contributed by atoms with E-state index in [1.807, 2.05) is 24.3 Å². The number of nitrogens with zero attached hydrogens (tertiary/aromatic N) is 1. The number of para-hydroxylation sites is 1. The molecule has 0 aliphatic rings. The first kappa shape index (κ1) is 14.8. The van der Waals surface area contributed by atoms with Crippen LogP contribution >= 0.6 is 0 Å². The summed E-state index contributed by atoms with van der Waals surface area (Å²) in [5.41, 5.74) is 1.35. The number of fused-ring (bicyclic) bond motifs is 1. The van der Waals surface area contributed by atoms with Crippen molar-refractivity contribution in [2.75, 3.05) is 7.11 Å². The summed E-state index contributed by atoms with van der Waals surface area (Å²) in [6.45, 7) is -0.103. The van der Waals surface area contributed by atoms with Crippen LogP contribution in [0.4, 0.5) is 0 Å². The average Bonchev–Trinajstić information content (AvgIpc) is 3.07. The second-order valence-electron chi connectivity index (χ2n) is 4.73. The van der Waals surface area contributed by atoms with E-state index >= 15 is 0 Å². The minimum Gasteiger partial charge on any atom is -0.463 e. The van der Waals surface area contributed by atoms with Gasteiger partial charge in [0.05, 0.1) is 18.9 Å². The first-order chi connectivity index (χ1) is 11.2. The summed E-state index contributed by atoms with van der Waals surface area (Å²) in [6, 6.07) is 12.4. The van der Waals surface area contributed by atoms with Gasteiger partial charge in [0.2, 0.25) is 5.76 Å². The van der Waals surface area contributed by atoms with Gasteiger partial charge in [-0.1, -0.05) is 24.3 Å². The quantitative estimate of drug-likeness (QED) is 0.689. The third-order valence-corrected chi connectivity index (χ3v) is 3.28. The smallest absolute Gasteiger partial charge is 0.374 e. The molecule has 6 nitrogen and oxygen atoms in total. The van der Waals surface area contributed by atoms with Gasteiger partial charge in [0.15, 0.2) is 0 Å². The zero-order valence-electron chi connectivity index (χ0n) is 12.3. The normalized spacial score (nSPS) is 10.5. The van der Waals surface area contributed by atoms with Gasteiger partial charge in [0, 0.05) is 10.9 Å². The lowest BCUT2D eigenvalue weighted by molar-refractivity contribution is 0.0448. The lowest BCUT2D eigenvalue weighted by atomic mass is 10.2. The van der Waals surface area contributed by atoms with Crippen molar-refractivity contribution in [2.45, 2.75) is 6.61 Å². The maximum atomic E-state index is 12.1. The molecule has 0 aliphatic heterocycles. The van der Waals surface area contributed by atoms with Gasteiger partial charge < -0.3 is 13.9 Å². The molecular weight excluding hydrogens is 298 g/mol. The van der Waals surface area contributed by atoms with Crippen molar-refractivity contribution >= 4 is 22.8 Å². The first-order valence-corrected chi connectivity index (χ1v) is 6.86. The molecule has 0 amide bonds. The van der Waals surface area contributed by atoms with Crippen LogP contribution in [0.1, 0.15) is 26.6 Å². The molecule has 23 heavy (non-hydrogen) atoms. The minimum atomic E-state index is -0.620. The molecule has 0 N–H and O–H groups in total. The Morgan fingerprint density at radius 1 is 1.09 bits per heavy atom. The summed E-state index contributed by atoms with van der Waals surface area (Å²) in [7, 11) is 1.25. The van der Waals surface area contributed by atoms with Crippen LogP contribution in [0.5, 0.6) is 0 Å². The van der Waals surface area contributed by atoms with Gasteiger partial charge >= 0.3 is 11.9 Å². The summed E-state index contributed by atoms with van der Waals surface area (Å²) >= 11 is 0. The number of benzene rings is 1. The molecule has 0 atom stereocenters. The van der Waals surface area contributed by atoms with Crippen LogP contribution in [0.15, 0.2) is 53.1 Å². The molecular formula is C17H13NO5. The molecule has 6 heteroatoms. The Morgan fingerprint density at radius 3 is 2.74 bits per heavy atom. The summed E-state index contributed by atoms with van der Waals surface area (Å²) in [4.78, 5) is 27.8. The van der Waals surface area contributed by atoms with Crippen molar-refractivity contribution in [3.63, 3.8) is 0 Å². The van der Waals surface area contributed by atoms with Crippen LogP contribution in [0.2, 0.25) is 0 Å². The highest BCUT2D eigenvalue weighted by Crippen LogP contribution is 2.15. The lowest BCUT2D eigenvalue weighted by Crippen LogP contribution is -2.09. The standard InChI is InChI=1S/C17H13NO5/c1-21-17(20)15-12(8-9-22-15)10-23-16(19)14-7-6-11-4-2-3-5-13(11)18-14/h2-9H,10H2,1H3. The minimum absolute atomic E-state index is 0.0202. The maximum absolute atomic E-state index is 12.1. The second-order valence-corrected chi connectivity index (χ2v) is 4.73. The largest absolute Gasteiger partial charge is 0.463 e. The van der Waals surface area contributed by atoms with Crippen molar-refractivity contribution in [1.82, 2.24) is 4.98 Å². The van der Waals surface area contributed by atoms with E-state index in [1.54, 1.807) is 18.2 Å².